The van der Waals surface area contributed by atoms with Crippen molar-refractivity contribution >= 4 is 23.1 Å². The smallest absolute Gasteiger partial charge is 0.224 e. The van der Waals surface area contributed by atoms with Crippen LogP contribution in [0.1, 0.15) is 30.4 Å². The molecular formula is C14H18N2OS. The van der Waals surface area contributed by atoms with Crippen molar-refractivity contribution in [3.8, 4) is 0 Å². The van der Waals surface area contributed by atoms with Crippen LogP contribution in [0.15, 0.2) is 24.3 Å². The maximum atomic E-state index is 11.7. The van der Waals surface area contributed by atoms with Gasteiger partial charge >= 0.3 is 0 Å². The van der Waals surface area contributed by atoms with E-state index in [1.165, 1.54) is 19.3 Å². The largest absolute Gasteiger partial charge is 0.389 e. The molecule has 0 aliphatic heterocycles. The molecule has 0 saturated heterocycles. The summed E-state index contributed by atoms with van der Waals surface area (Å²) in [4.78, 5) is 12.1. The Kier molecular flexibility index (Phi) is 4.31. The maximum absolute atomic E-state index is 11.7. The molecule has 3 nitrogen and oxygen atoms in total. The fourth-order valence-electron chi connectivity index (χ4n) is 1.99. The second kappa shape index (κ2) is 5.96. The highest BCUT2D eigenvalue weighted by Gasteiger charge is 2.17. The molecule has 0 bridgehead atoms. The lowest BCUT2D eigenvalue weighted by Gasteiger charge is -2.25. The fourth-order valence-corrected chi connectivity index (χ4v) is 2.13. The van der Waals surface area contributed by atoms with Crippen LogP contribution in [0.4, 0.5) is 0 Å². The molecule has 1 fully saturated rings. The summed E-state index contributed by atoms with van der Waals surface area (Å²) in [5, 5.41) is 2.98. The highest BCUT2D eigenvalue weighted by atomic mass is 32.1. The van der Waals surface area contributed by atoms with Gasteiger partial charge in [-0.3, -0.25) is 4.79 Å². The number of nitrogens with two attached hydrogens (primary N) is 1. The van der Waals surface area contributed by atoms with E-state index in [1.807, 2.05) is 24.3 Å². The number of carbonyl (C=O) groups excluding carboxylic acids is 1. The van der Waals surface area contributed by atoms with Gasteiger partial charge in [-0.25, -0.2) is 0 Å². The molecule has 0 atom stereocenters. The van der Waals surface area contributed by atoms with E-state index in [2.05, 4.69) is 5.32 Å². The first-order chi connectivity index (χ1) is 8.65. The maximum Gasteiger partial charge on any atom is 0.224 e. The fraction of sp³-hybridized carbons (Fsp3) is 0.429. The number of carbonyl (C=O) groups is 1. The average molecular weight is 262 g/mol. The van der Waals surface area contributed by atoms with Crippen molar-refractivity contribution in [2.45, 2.75) is 25.7 Å². The number of amides is 1. The third kappa shape index (κ3) is 3.53. The molecule has 1 aliphatic rings. The summed E-state index contributed by atoms with van der Waals surface area (Å²) >= 11 is 4.88. The summed E-state index contributed by atoms with van der Waals surface area (Å²) in [7, 11) is 0. The van der Waals surface area contributed by atoms with E-state index >= 15 is 0 Å². The Labute approximate surface area is 113 Å². The van der Waals surface area contributed by atoms with Crippen molar-refractivity contribution in [3.63, 3.8) is 0 Å². The van der Waals surface area contributed by atoms with Crippen LogP contribution in [0.25, 0.3) is 0 Å². The summed E-state index contributed by atoms with van der Waals surface area (Å²) in [5.74, 6) is 0.788. The molecule has 0 spiro atoms. The summed E-state index contributed by atoms with van der Waals surface area (Å²) in [6, 6.07) is 7.52. The summed E-state index contributed by atoms with van der Waals surface area (Å²) in [5.41, 5.74) is 7.34. The number of hydrogen-bond acceptors (Lipinski definition) is 2. The molecule has 1 aliphatic carbocycles. The number of rotatable bonds is 5. The predicted octanol–water partition coefficient (Wildman–Crippen LogP) is 1.78. The Morgan fingerprint density at radius 2 is 2.00 bits per heavy atom. The van der Waals surface area contributed by atoms with Crippen molar-refractivity contribution in [1.29, 1.82) is 0 Å². The molecule has 3 N–H and O–H groups in total. The van der Waals surface area contributed by atoms with Gasteiger partial charge in [-0.05, 0) is 24.3 Å². The van der Waals surface area contributed by atoms with Gasteiger partial charge in [0, 0.05) is 12.1 Å². The predicted molar refractivity (Wildman–Crippen MR) is 76.4 cm³/mol. The van der Waals surface area contributed by atoms with E-state index in [-0.39, 0.29) is 5.91 Å². The zero-order valence-corrected chi connectivity index (χ0v) is 11.1. The highest BCUT2D eigenvalue weighted by molar-refractivity contribution is 7.80. The third-order valence-electron chi connectivity index (χ3n) is 3.42. The number of hydrogen-bond donors (Lipinski definition) is 2. The quantitative estimate of drug-likeness (QED) is 0.795. The van der Waals surface area contributed by atoms with Crippen LogP contribution >= 0.6 is 12.2 Å². The second-order valence-electron chi connectivity index (χ2n) is 4.84. The molecular weight excluding hydrogens is 244 g/mol. The van der Waals surface area contributed by atoms with Crippen LogP contribution in [0.2, 0.25) is 0 Å². The summed E-state index contributed by atoms with van der Waals surface area (Å²) in [6.07, 6.45) is 4.23. The minimum atomic E-state index is 0.0879. The van der Waals surface area contributed by atoms with E-state index in [4.69, 9.17) is 18.0 Å². The van der Waals surface area contributed by atoms with E-state index in [0.717, 1.165) is 17.7 Å². The number of benzene rings is 1. The SMILES string of the molecule is NC(=S)c1ccc(CC(=O)NCC2CCC2)cc1. The van der Waals surface area contributed by atoms with E-state index in [1.54, 1.807) is 0 Å². The molecule has 1 saturated carbocycles. The minimum absolute atomic E-state index is 0.0879. The minimum Gasteiger partial charge on any atom is -0.389 e. The van der Waals surface area contributed by atoms with Crippen molar-refractivity contribution < 1.29 is 4.79 Å². The lowest BCUT2D eigenvalue weighted by Crippen LogP contribution is -2.33. The molecule has 1 aromatic rings. The Balaban J connectivity index is 1.80. The van der Waals surface area contributed by atoms with Gasteiger partial charge in [0.1, 0.15) is 4.99 Å². The molecule has 1 aromatic carbocycles. The van der Waals surface area contributed by atoms with E-state index in [0.29, 0.717) is 17.3 Å². The zero-order valence-electron chi connectivity index (χ0n) is 10.3. The standard InChI is InChI=1S/C14H18N2OS/c15-14(18)12-6-4-10(5-7-12)8-13(17)16-9-11-2-1-3-11/h4-7,11H,1-3,8-9H2,(H2,15,18)(H,16,17). The number of nitrogens with one attached hydrogen (secondary N) is 1. The molecule has 1 amide bonds. The van der Waals surface area contributed by atoms with Gasteiger partial charge in [0.25, 0.3) is 0 Å². The third-order valence-corrected chi connectivity index (χ3v) is 3.65. The monoisotopic (exact) mass is 262 g/mol. The molecule has 96 valence electrons. The zero-order chi connectivity index (χ0) is 13.0. The Morgan fingerprint density at radius 1 is 1.33 bits per heavy atom. The van der Waals surface area contributed by atoms with Crippen LogP contribution in [-0.2, 0) is 11.2 Å². The van der Waals surface area contributed by atoms with Crippen molar-refractivity contribution in [3.05, 3.63) is 35.4 Å². The van der Waals surface area contributed by atoms with Crippen molar-refractivity contribution in [2.75, 3.05) is 6.54 Å². The van der Waals surface area contributed by atoms with Gasteiger partial charge in [-0.2, -0.15) is 0 Å². The van der Waals surface area contributed by atoms with Gasteiger partial charge in [0.15, 0.2) is 0 Å². The van der Waals surface area contributed by atoms with Crippen LogP contribution in [0.5, 0.6) is 0 Å². The highest BCUT2D eigenvalue weighted by Crippen LogP contribution is 2.25. The second-order valence-corrected chi connectivity index (χ2v) is 5.28. The summed E-state index contributed by atoms with van der Waals surface area (Å²) < 4.78 is 0. The first-order valence-corrected chi connectivity index (χ1v) is 6.71. The van der Waals surface area contributed by atoms with E-state index in [9.17, 15) is 4.79 Å². The van der Waals surface area contributed by atoms with Crippen molar-refractivity contribution in [2.24, 2.45) is 11.7 Å². The molecule has 0 radical (unpaired) electrons. The van der Waals surface area contributed by atoms with Gasteiger partial charge in [-0.15, -0.1) is 0 Å². The molecule has 2 rings (SSSR count). The van der Waals surface area contributed by atoms with Gasteiger partial charge in [0.2, 0.25) is 5.91 Å². The molecule has 18 heavy (non-hydrogen) atoms. The van der Waals surface area contributed by atoms with Crippen molar-refractivity contribution in [1.82, 2.24) is 5.32 Å². The average Bonchev–Trinajstić information content (AvgIpc) is 2.27. The Bertz CT molecular complexity index is 438. The number of thiocarbonyl (C=S) groups is 1. The summed E-state index contributed by atoms with van der Waals surface area (Å²) in [6.45, 7) is 0.823. The first-order valence-electron chi connectivity index (χ1n) is 6.30. The van der Waals surface area contributed by atoms with Gasteiger partial charge in [-0.1, -0.05) is 42.9 Å². The van der Waals surface area contributed by atoms with Gasteiger partial charge in [0.05, 0.1) is 6.42 Å². The van der Waals surface area contributed by atoms with Crippen LogP contribution in [-0.4, -0.2) is 17.4 Å². The Morgan fingerprint density at radius 3 is 2.50 bits per heavy atom. The van der Waals surface area contributed by atoms with E-state index < -0.39 is 0 Å². The lowest BCUT2D eigenvalue weighted by molar-refractivity contribution is -0.120. The van der Waals surface area contributed by atoms with Crippen LogP contribution < -0.4 is 11.1 Å². The van der Waals surface area contributed by atoms with Crippen LogP contribution in [0, 0.1) is 5.92 Å². The molecule has 0 aromatic heterocycles. The topological polar surface area (TPSA) is 55.1 Å². The Hall–Kier alpha value is -1.42. The normalized spacial score (nSPS) is 14.9. The van der Waals surface area contributed by atoms with Crippen LogP contribution in [0.3, 0.4) is 0 Å². The first kappa shape index (κ1) is 13.0. The molecule has 4 heteroatoms. The lowest BCUT2D eigenvalue weighted by atomic mass is 9.85. The van der Waals surface area contributed by atoms with Gasteiger partial charge < -0.3 is 11.1 Å². The molecule has 0 unspecified atom stereocenters. The molecule has 0 heterocycles.